The molecule has 1 aliphatic heterocycles. The van der Waals surface area contributed by atoms with Crippen LogP contribution >= 0.6 is 11.6 Å². The van der Waals surface area contributed by atoms with Crippen LogP contribution in [0, 0.1) is 5.82 Å². The van der Waals surface area contributed by atoms with Crippen LogP contribution < -0.4 is 10.1 Å². The van der Waals surface area contributed by atoms with Crippen molar-refractivity contribution in [3.05, 3.63) is 23.0 Å². The van der Waals surface area contributed by atoms with Crippen molar-refractivity contribution in [2.24, 2.45) is 0 Å². The predicted octanol–water partition coefficient (Wildman–Crippen LogP) is 3.45. The van der Waals surface area contributed by atoms with Crippen LogP contribution in [0.1, 0.15) is 20.3 Å². The molecule has 82 valence electrons. The first-order valence-electron chi connectivity index (χ1n) is 4.90. The average molecular weight is 230 g/mol. The molecular formula is C11H13ClFNO. The summed E-state index contributed by atoms with van der Waals surface area (Å²) in [5, 5.41) is 3.43. The molecule has 0 spiro atoms. The summed E-state index contributed by atoms with van der Waals surface area (Å²) in [6.07, 6.45) is 0.847. The second kappa shape index (κ2) is 3.56. The summed E-state index contributed by atoms with van der Waals surface area (Å²) < 4.78 is 18.9. The number of benzene rings is 1. The van der Waals surface area contributed by atoms with E-state index < -0.39 is 0 Å². The predicted molar refractivity (Wildman–Crippen MR) is 59.2 cm³/mol. The van der Waals surface area contributed by atoms with Gasteiger partial charge in [0.2, 0.25) is 0 Å². The lowest BCUT2D eigenvalue weighted by Gasteiger charge is -2.24. The van der Waals surface area contributed by atoms with E-state index in [0.29, 0.717) is 16.5 Å². The fourth-order valence-corrected chi connectivity index (χ4v) is 1.87. The van der Waals surface area contributed by atoms with Crippen molar-refractivity contribution in [2.75, 3.05) is 11.9 Å². The third kappa shape index (κ3) is 2.17. The van der Waals surface area contributed by atoms with Crippen LogP contribution in [0.3, 0.4) is 0 Å². The van der Waals surface area contributed by atoms with Gasteiger partial charge in [0.05, 0.1) is 10.7 Å². The first kappa shape index (κ1) is 10.6. The summed E-state index contributed by atoms with van der Waals surface area (Å²) in [7, 11) is 0. The molecule has 1 aromatic carbocycles. The van der Waals surface area contributed by atoms with E-state index in [-0.39, 0.29) is 11.4 Å². The van der Waals surface area contributed by atoms with Gasteiger partial charge in [0.1, 0.15) is 11.4 Å². The number of ether oxygens (including phenoxy) is 1. The highest BCUT2D eigenvalue weighted by Gasteiger charge is 2.26. The van der Waals surface area contributed by atoms with Crippen molar-refractivity contribution in [1.29, 1.82) is 0 Å². The van der Waals surface area contributed by atoms with Gasteiger partial charge in [0, 0.05) is 19.0 Å². The number of hydrogen-bond donors (Lipinski definition) is 1. The maximum atomic E-state index is 13.1. The van der Waals surface area contributed by atoms with Crippen molar-refractivity contribution in [3.8, 4) is 5.75 Å². The Morgan fingerprint density at radius 2 is 2.20 bits per heavy atom. The standard InChI is InChI=1S/C11H13ClFNO/c1-11(2)3-4-14-9-6-7(13)5-8(12)10(9)15-11/h5-6,14H,3-4H2,1-2H3. The molecule has 0 saturated carbocycles. The highest BCUT2D eigenvalue weighted by Crippen LogP contribution is 2.39. The molecule has 0 unspecified atom stereocenters. The van der Waals surface area contributed by atoms with Gasteiger partial charge in [-0.05, 0) is 19.9 Å². The molecule has 2 rings (SSSR count). The first-order chi connectivity index (χ1) is 6.98. The zero-order chi connectivity index (χ0) is 11.1. The van der Waals surface area contributed by atoms with Gasteiger partial charge in [0.15, 0.2) is 5.75 Å². The van der Waals surface area contributed by atoms with Crippen LogP contribution in [0.25, 0.3) is 0 Å². The number of halogens is 2. The van der Waals surface area contributed by atoms with E-state index in [1.807, 2.05) is 13.8 Å². The Morgan fingerprint density at radius 1 is 1.47 bits per heavy atom. The number of hydrogen-bond acceptors (Lipinski definition) is 2. The smallest absolute Gasteiger partial charge is 0.161 e. The third-order valence-electron chi connectivity index (χ3n) is 2.43. The summed E-state index contributed by atoms with van der Waals surface area (Å²) in [5.41, 5.74) is 0.352. The molecule has 0 aromatic heterocycles. The molecule has 0 radical (unpaired) electrons. The lowest BCUT2D eigenvalue weighted by molar-refractivity contribution is 0.108. The molecule has 1 aromatic rings. The largest absolute Gasteiger partial charge is 0.484 e. The van der Waals surface area contributed by atoms with Crippen molar-refractivity contribution < 1.29 is 9.13 Å². The molecule has 0 amide bonds. The zero-order valence-electron chi connectivity index (χ0n) is 8.73. The van der Waals surface area contributed by atoms with Crippen LogP contribution in [0.4, 0.5) is 10.1 Å². The summed E-state index contributed by atoms with van der Waals surface area (Å²) in [5.74, 6) is 0.190. The Morgan fingerprint density at radius 3 is 2.93 bits per heavy atom. The van der Waals surface area contributed by atoms with Gasteiger partial charge in [0.25, 0.3) is 0 Å². The monoisotopic (exact) mass is 229 g/mol. The van der Waals surface area contributed by atoms with Crippen molar-refractivity contribution in [3.63, 3.8) is 0 Å². The zero-order valence-corrected chi connectivity index (χ0v) is 9.49. The minimum atomic E-state index is -0.352. The van der Waals surface area contributed by atoms with E-state index in [1.165, 1.54) is 12.1 Å². The van der Waals surface area contributed by atoms with Crippen molar-refractivity contribution in [2.45, 2.75) is 25.9 Å². The number of rotatable bonds is 0. The summed E-state index contributed by atoms with van der Waals surface area (Å²) >= 11 is 5.94. The summed E-state index contributed by atoms with van der Waals surface area (Å²) in [4.78, 5) is 0. The fraction of sp³-hybridized carbons (Fsp3) is 0.455. The Bertz CT molecular complexity index is 392. The van der Waals surface area contributed by atoms with Gasteiger partial charge in [-0.25, -0.2) is 4.39 Å². The van der Waals surface area contributed by atoms with Crippen LogP contribution in [0.2, 0.25) is 5.02 Å². The van der Waals surface area contributed by atoms with Gasteiger partial charge < -0.3 is 10.1 Å². The average Bonchev–Trinajstić information content (AvgIpc) is 2.23. The van der Waals surface area contributed by atoms with Crippen LogP contribution in [0.15, 0.2) is 12.1 Å². The first-order valence-corrected chi connectivity index (χ1v) is 5.28. The van der Waals surface area contributed by atoms with E-state index >= 15 is 0 Å². The van der Waals surface area contributed by atoms with Crippen LogP contribution in [-0.4, -0.2) is 12.1 Å². The molecule has 0 bridgehead atoms. The summed E-state index contributed by atoms with van der Waals surface area (Å²) in [6.45, 7) is 4.73. The second-order valence-corrected chi connectivity index (χ2v) is 4.71. The number of nitrogens with one attached hydrogen (secondary N) is 1. The van der Waals surface area contributed by atoms with E-state index in [2.05, 4.69) is 5.32 Å². The van der Waals surface area contributed by atoms with Gasteiger partial charge in [-0.3, -0.25) is 0 Å². The van der Waals surface area contributed by atoms with Gasteiger partial charge >= 0.3 is 0 Å². The Labute approximate surface area is 93.4 Å². The quantitative estimate of drug-likeness (QED) is 0.736. The molecule has 0 fully saturated rings. The lowest BCUT2D eigenvalue weighted by Crippen LogP contribution is -2.28. The van der Waals surface area contributed by atoms with Crippen LogP contribution in [-0.2, 0) is 0 Å². The van der Waals surface area contributed by atoms with Crippen LogP contribution in [0.5, 0.6) is 5.75 Å². The van der Waals surface area contributed by atoms with Crippen molar-refractivity contribution in [1.82, 2.24) is 0 Å². The van der Waals surface area contributed by atoms with E-state index in [0.717, 1.165) is 13.0 Å². The minimum Gasteiger partial charge on any atom is -0.484 e. The number of anilines is 1. The fourth-order valence-electron chi connectivity index (χ4n) is 1.62. The van der Waals surface area contributed by atoms with Gasteiger partial charge in [-0.2, -0.15) is 0 Å². The molecule has 0 atom stereocenters. The molecule has 2 nitrogen and oxygen atoms in total. The summed E-state index contributed by atoms with van der Waals surface area (Å²) in [6, 6.07) is 2.67. The van der Waals surface area contributed by atoms with E-state index in [1.54, 1.807) is 0 Å². The van der Waals surface area contributed by atoms with Gasteiger partial charge in [-0.15, -0.1) is 0 Å². The van der Waals surface area contributed by atoms with E-state index in [9.17, 15) is 4.39 Å². The highest BCUT2D eigenvalue weighted by atomic mass is 35.5. The van der Waals surface area contributed by atoms with Gasteiger partial charge in [-0.1, -0.05) is 11.6 Å². The molecule has 0 saturated heterocycles. The Hall–Kier alpha value is -0.960. The molecule has 1 aliphatic rings. The topological polar surface area (TPSA) is 21.3 Å². The normalized spacial score (nSPS) is 18.4. The molecule has 4 heteroatoms. The maximum absolute atomic E-state index is 13.1. The Balaban J connectivity index is 2.47. The minimum absolute atomic E-state index is 0.278. The molecular weight excluding hydrogens is 217 g/mol. The molecule has 1 N–H and O–H groups in total. The van der Waals surface area contributed by atoms with Crippen molar-refractivity contribution >= 4 is 17.3 Å². The third-order valence-corrected chi connectivity index (χ3v) is 2.71. The molecule has 0 aliphatic carbocycles. The number of fused-ring (bicyclic) bond motifs is 1. The lowest BCUT2D eigenvalue weighted by atomic mass is 10.1. The van der Waals surface area contributed by atoms with E-state index in [4.69, 9.17) is 16.3 Å². The SMILES string of the molecule is CC1(C)CCNc2cc(F)cc(Cl)c2O1. The maximum Gasteiger partial charge on any atom is 0.161 e. The molecule has 15 heavy (non-hydrogen) atoms. The highest BCUT2D eigenvalue weighted by molar-refractivity contribution is 6.32. The Kier molecular flexibility index (Phi) is 2.51. The second-order valence-electron chi connectivity index (χ2n) is 4.30. The molecule has 1 heterocycles.